The van der Waals surface area contributed by atoms with Gasteiger partial charge in [0.25, 0.3) is 0 Å². The van der Waals surface area contributed by atoms with Crippen LogP contribution in [0.2, 0.25) is 0 Å². The summed E-state index contributed by atoms with van der Waals surface area (Å²) in [6.07, 6.45) is 0. The van der Waals surface area contributed by atoms with Crippen LogP contribution in [0.4, 0.5) is 0 Å². The maximum atomic E-state index is 4.62. The van der Waals surface area contributed by atoms with Gasteiger partial charge in [0.05, 0.1) is 11.2 Å². The van der Waals surface area contributed by atoms with Gasteiger partial charge in [-0.3, -0.25) is 4.68 Å². The van der Waals surface area contributed by atoms with Crippen LogP contribution in [-0.2, 0) is 13.1 Å². The summed E-state index contributed by atoms with van der Waals surface area (Å²) >= 11 is 0. The largest absolute Gasteiger partial charge is 0.311 e. The molecule has 0 aliphatic rings. The van der Waals surface area contributed by atoms with Crippen molar-refractivity contribution in [2.75, 3.05) is 6.54 Å². The van der Waals surface area contributed by atoms with Crippen LogP contribution in [0.1, 0.15) is 19.5 Å². The topological polar surface area (TPSA) is 29.9 Å². The van der Waals surface area contributed by atoms with Crippen LogP contribution in [0.3, 0.4) is 0 Å². The van der Waals surface area contributed by atoms with Gasteiger partial charge in [0.15, 0.2) is 0 Å². The molecular weight excluding hydrogens is 210 g/mol. The zero-order valence-electron chi connectivity index (χ0n) is 10.3. The quantitative estimate of drug-likeness (QED) is 0.811. The lowest BCUT2D eigenvalue weighted by Gasteiger charge is -1.97. The summed E-state index contributed by atoms with van der Waals surface area (Å²) in [5.74, 6) is 5.96. The van der Waals surface area contributed by atoms with Crippen molar-refractivity contribution in [2.24, 2.45) is 0 Å². The summed E-state index contributed by atoms with van der Waals surface area (Å²) < 4.78 is 1.97. The smallest absolute Gasteiger partial charge is 0.102 e. The number of para-hydroxylation sites is 1. The summed E-state index contributed by atoms with van der Waals surface area (Å²) in [5.41, 5.74) is 2.25. The molecule has 0 unspecified atom stereocenters. The molecule has 0 atom stereocenters. The normalized spacial score (nSPS) is 10.2. The Kier molecular flexibility index (Phi) is 3.79. The SMILES string of the molecule is CC#CCn1nc(CNCC)c2ccccc21. The standard InChI is InChI=1S/C14H17N3/c1-3-5-10-17-14-9-7-6-8-12(14)13(16-17)11-15-4-2/h6-9,15H,4,10-11H2,1-2H3. The van der Waals surface area contributed by atoms with Crippen molar-refractivity contribution >= 4 is 10.9 Å². The van der Waals surface area contributed by atoms with Crippen molar-refractivity contribution in [1.29, 1.82) is 0 Å². The van der Waals surface area contributed by atoms with Gasteiger partial charge in [-0.2, -0.15) is 5.10 Å². The number of nitrogens with zero attached hydrogens (tertiary/aromatic N) is 2. The first-order chi connectivity index (χ1) is 8.36. The molecule has 1 heterocycles. The van der Waals surface area contributed by atoms with E-state index in [9.17, 15) is 0 Å². The highest BCUT2D eigenvalue weighted by Crippen LogP contribution is 2.17. The van der Waals surface area contributed by atoms with Crippen molar-refractivity contribution in [3.05, 3.63) is 30.0 Å². The van der Waals surface area contributed by atoms with Crippen LogP contribution in [0.5, 0.6) is 0 Å². The number of nitrogens with one attached hydrogen (secondary N) is 1. The molecule has 0 fully saturated rings. The zero-order valence-corrected chi connectivity index (χ0v) is 10.3. The molecule has 0 spiro atoms. The first-order valence-corrected chi connectivity index (χ1v) is 5.91. The highest BCUT2D eigenvalue weighted by atomic mass is 15.3. The minimum atomic E-state index is 0.656. The van der Waals surface area contributed by atoms with Gasteiger partial charge < -0.3 is 5.32 Å². The van der Waals surface area contributed by atoms with Gasteiger partial charge in [-0.1, -0.05) is 31.0 Å². The van der Waals surface area contributed by atoms with Crippen LogP contribution in [0.25, 0.3) is 10.9 Å². The summed E-state index contributed by atoms with van der Waals surface area (Å²) in [7, 11) is 0. The molecule has 3 nitrogen and oxygen atoms in total. The van der Waals surface area contributed by atoms with Crippen molar-refractivity contribution in [3.8, 4) is 11.8 Å². The maximum Gasteiger partial charge on any atom is 0.102 e. The van der Waals surface area contributed by atoms with Crippen LogP contribution in [0.15, 0.2) is 24.3 Å². The maximum absolute atomic E-state index is 4.62. The third-order valence-electron chi connectivity index (χ3n) is 2.68. The average molecular weight is 227 g/mol. The minimum absolute atomic E-state index is 0.656. The lowest BCUT2D eigenvalue weighted by molar-refractivity contribution is 0.669. The molecule has 0 saturated heterocycles. The van der Waals surface area contributed by atoms with E-state index in [4.69, 9.17) is 0 Å². The molecular formula is C14H17N3. The number of rotatable bonds is 4. The Balaban J connectivity index is 2.41. The highest BCUT2D eigenvalue weighted by Gasteiger charge is 2.08. The number of benzene rings is 1. The van der Waals surface area contributed by atoms with E-state index < -0.39 is 0 Å². The molecule has 88 valence electrons. The van der Waals surface area contributed by atoms with Crippen molar-refractivity contribution in [3.63, 3.8) is 0 Å². The monoisotopic (exact) mass is 227 g/mol. The molecule has 0 saturated carbocycles. The molecule has 3 heteroatoms. The fourth-order valence-electron chi connectivity index (χ4n) is 1.84. The van der Waals surface area contributed by atoms with E-state index in [1.807, 2.05) is 17.7 Å². The number of fused-ring (bicyclic) bond motifs is 1. The lowest BCUT2D eigenvalue weighted by atomic mass is 10.2. The van der Waals surface area contributed by atoms with E-state index in [0.29, 0.717) is 6.54 Å². The minimum Gasteiger partial charge on any atom is -0.311 e. The molecule has 0 amide bonds. The first kappa shape index (κ1) is 11.7. The second kappa shape index (κ2) is 5.51. The highest BCUT2D eigenvalue weighted by molar-refractivity contribution is 5.82. The lowest BCUT2D eigenvalue weighted by Crippen LogP contribution is -2.12. The number of hydrogen-bond donors (Lipinski definition) is 1. The predicted molar refractivity (Wildman–Crippen MR) is 70.6 cm³/mol. The van der Waals surface area contributed by atoms with Crippen LogP contribution >= 0.6 is 0 Å². The van der Waals surface area contributed by atoms with Crippen LogP contribution < -0.4 is 5.32 Å². The third-order valence-corrected chi connectivity index (χ3v) is 2.68. The zero-order chi connectivity index (χ0) is 12.1. The van der Waals surface area contributed by atoms with E-state index in [-0.39, 0.29) is 0 Å². The van der Waals surface area contributed by atoms with Crippen LogP contribution in [-0.4, -0.2) is 16.3 Å². The average Bonchev–Trinajstić information content (AvgIpc) is 2.72. The Morgan fingerprint density at radius 3 is 2.94 bits per heavy atom. The molecule has 1 aromatic carbocycles. The Labute approximate surface area is 102 Å². The molecule has 1 N–H and O–H groups in total. The molecule has 0 aliphatic heterocycles. The van der Waals surface area contributed by atoms with E-state index in [1.165, 1.54) is 5.39 Å². The summed E-state index contributed by atoms with van der Waals surface area (Å²) in [6.45, 7) is 6.37. The molecule has 0 aliphatic carbocycles. The summed E-state index contributed by atoms with van der Waals surface area (Å²) in [4.78, 5) is 0. The van der Waals surface area contributed by atoms with Gasteiger partial charge in [-0.15, -0.1) is 5.92 Å². The summed E-state index contributed by atoms with van der Waals surface area (Å²) in [6, 6.07) is 8.30. The Hall–Kier alpha value is -1.79. The van der Waals surface area contributed by atoms with E-state index in [2.05, 4.69) is 47.4 Å². The molecule has 17 heavy (non-hydrogen) atoms. The van der Waals surface area contributed by atoms with Gasteiger partial charge in [0.1, 0.15) is 6.54 Å². The fraction of sp³-hybridized carbons (Fsp3) is 0.357. The second-order valence-electron chi connectivity index (χ2n) is 3.83. The second-order valence-corrected chi connectivity index (χ2v) is 3.83. The Morgan fingerprint density at radius 2 is 2.18 bits per heavy atom. The molecule has 2 rings (SSSR count). The number of hydrogen-bond acceptors (Lipinski definition) is 2. The van der Waals surface area contributed by atoms with Crippen molar-refractivity contribution in [2.45, 2.75) is 26.9 Å². The first-order valence-electron chi connectivity index (χ1n) is 5.91. The number of aromatic nitrogens is 2. The Bertz CT molecular complexity index is 558. The summed E-state index contributed by atoms with van der Waals surface area (Å²) in [5, 5.41) is 9.14. The van der Waals surface area contributed by atoms with Crippen molar-refractivity contribution < 1.29 is 0 Å². The van der Waals surface area contributed by atoms with Gasteiger partial charge in [-0.05, 0) is 19.5 Å². The fourth-order valence-corrected chi connectivity index (χ4v) is 1.84. The van der Waals surface area contributed by atoms with Gasteiger partial charge in [-0.25, -0.2) is 0 Å². The molecule has 2 aromatic rings. The van der Waals surface area contributed by atoms with E-state index >= 15 is 0 Å². The molecule has 1 aromatic heterocycles. The van der Waals surface area contributed by atoms with Gasteiger partial charge in [0.2, 0.25) is 0 Å². The predicted octanol–water partition coefficient (Wildman–Crippen LogP) is 2.17. The molecule has 0 bridgehead atoms. The van der Waals surface area contributed by atoms with Crippen LogP contribution in [0, 0.1) is 11.8 Å². The van der Waals surface area contributed by atoms with Crippen molar-refractivity contribution in [1.82, 2.24) is 15.1 Å². The third kappa shape index (κ3) is 2.48. The van der Waals surface area contributed by atoms with E-state index in [0.717, 1.165) is 24.3 Å². The van der Waals surface area contributed by atoms with Gasteiger partial charge in [0, 0.05) is 11.9 Å². The van der Waals surface area contributed by atoms with E-state index in [1.54, 1.807) is 0 Å². The van der Waals surface area contributed by atoms with Gasteiger partial charge >= 0.3 is 0 Å². The molecule has 0 radical (unpaired) electrons. The Morgan fingerprint density at radius 1 is 1.35 bits per heavy atom.